The van der Waals surface area contributed by atoms with Crippen molar-refractivity contribution in [3.8, 4) is 0 Å². The fourth-order valence-corrected chi connectivity index (χ4v) is 1.86. The van der Waals surface area contributed by atoms with Crippen molar-refractivity contribution in [1.29, 1.82) is 0 Å². The number of hydrogen-bond acceptors (Lipinski definition) is 6. The molecule has 0 aromatic carbocycles. The molecule has 0 heterocycles. The largest absolute Gasteiger partial charge is 0.461 e. The van der Waals surface area contributed by atoms with Crippen LogP contribution in [0.4, 0.5) is 0 Å². The molecule has 19 heavy (non-hydrogen) atoms. The van der Waals surface area contributed by atoms with Crippen molar-refractivity contribution >= 4 is 22.0 Å². The summed E-state index contributed by atoms with van der Waals surface area (Å²) in [7, 11) is -3.34. The Balaban J connectivity index is 4.06. The summed E-state index contributed by atoms with van der Waals surface area (Å²) in [6.07, 6.45) is 2.62. The van der Waals surface area contributed by atoms with Gasteiger partial charge in [-0.15, -0.1) is 0 Å². The van der Waals surface area contributed by atoms with E-state index in [1.165, 1.54) is 0 Å². The molecule has 0 aromatic heterocycles. The zero-order valence-corrected chi connectivity index (χ0v) is 12.2. The highest BCUT2D eigenvalue weighted by molar-refractivity contribution is 7.88. The van der Waals surface area contributed by atoms with Crippen LogP contribution in [0.3, 0.4) is 0 Å². The Bertz CT molecular complexity index is 440. The van der Waals surface area contributed by atoms with Gasteiger partial charge in [-0.2, -0.15) is 0 Å². The summed E-state index contributed by atoms with van der Waals surface area (Å²) in [4.78, 5) is 22.3. The monoisotopic (exact) mass is 293 g/mol. The lowest BCUT2D eigenvalue weighted by Gasteiger charge is -2.11. The third-order valence-electron chi connectivity index (χ3n) is 1.60. The van der Waals surface area contributed by atoms with E-state index in [9.17, 15) is 18.0 Å². The van der Waals surface area contributed by atoms with E-state index in [0.29, 0.717) is 0 Å². The van der Waals surface area contributed by atoms with Crippen LogP contribution in [-0.2, 0) is 29.1 Å². The molecule has 0 amide bonds. The summed E-state index contributed by atoms with van der Waals surface area (Å²) in [5.74, 6) is -1.39. The van der Waals surface area contributed by atoms with Gasteiger partial charge in [0.15, 0.2) is 0 Å². The second-order valence-corrected chi connectivity index (χ2v) is 6.02. The van der Waals surface area contributed by atoms with Crippen molar-refractivity contribution in [1.82, 2.24) is 4.72 Å². The van der Waals surface area contributed by atoms with Crippen molar-refractivity contribution in [2.45, 2.75) is 32.9 Å². The van der Waals surface area contributed by atoms with Gasteiger partial charge in [0.25, 0.3) is 0 Å². The Labute approximate surface area is 113 Å². The van der Waals surface area contributed by atoms with Crippen LogP contribution in [0.25, 0.3) is 0 Å². The molecule has 7 nitrogen and oxygen atoms in total. The van der Waals surface area contributed by atoms with Crippen molar-refractivity contribution in [3.63, 3.8) is 0 Å². The van der Waals surface area contributed by atoms with Crippen LogP contribution in [0, 0.1) is 0 Å². The summed E-state index contributed by atoms with van der Waals surface area (Å²) in [6, 6.07) is -0.546. The summed E-state index contributed by atoms with van der Waals surface area (Å²) >= 11 is 0. The SMILES string of the molecule is CC(COC(=O)/C=C/C(=O)OC(C)C)NS(C)(=O)=O. The molecule has 8 heteroatoms. The van der Waals surface area contributed by atoms with Gasteiger partial charge in [0.05, 0.1) is 18.4 Å². The van der Waals surface area contributed by atoms with E-state index in [1.807, 2.05) is 0 Å². The van der Waals surface area contributed by atoms with E-state index in [-0.39, 0.29) is 12.7 Å². The van der Waals surface area contributed by atoms with Crippen LogP contribution in [0.1, 0.15) is 20.8 Å². The first kappa shape index (κ1) is 17.6. The predicted octanol–water partition coefficient (Wildman–Crippen LogP) is -0.0249. The number of esters is 2. The Hall–Kier alpha value is -1.41. The number of rotatable bonds is 7. The quantitative estimate of drug-likeness (QED) is 0.523. The molecule has 0 saturated heterocycles. The standard InChI is InChI=1S/C11H19NO6S/c1-8(2)18-11(14)6-5-10(13)17-7-9(3)12-19(4,15)16/h5-6,8-9,12H,7H2,1-4H3/b6-5+. The molecule has 0 aliphatic heterocycles. The number of sulfonamides is 1. The van der Waals surface area contributed by atoms with E-state index < -0.39 is 28.0 Å². The predicted molar refractivity (Wildman–Crippen MR) is 68.8 cm³/mol. The first-order valence-electron chi connectivity index (χ1n) is 5.63. The Morgan fingerprint density at radius 2 is 1.68 bits per heavy atom. The lowest BCUT2D eigenvalue weighted by molar-refractivity contribution is -0.143. The number of carbonyl (C=O) groups is 2. The molecular formula is C11H19NO6S. The van der Waals surface area contributed by atoms with Crippen LogP contribution in [0.15, 0.2) is 12.2 Å². The van der Waals surface area contributed by atoms with Gasteiger partial charge in [-0.1, -0.05) is 0 Å². The van der Waals surface area contributed by atoms with E-state index in [1.54, 1.807) is 20.8 Å². The number of hydrogen-bond donors (Lipinski definition) is 1. The van der Waals surface area contributed by atoms with E-state index in [2.05, 4.69) is 4.72 Å². The number of carbonyl (C=O) groups excluding carboxylic acids is 2. The fraction of sp³-hybridized carbons (Fsp3) is 0.636. The van der Waals surface area contributed by atoms with Crippen LogP contribution in [-0.4, -0.2) is 45.4 Å². The molecule has 0 aliphatic carbocycles. The van der Waals surface area contributed by atoms with E-state index >= 15 is 0 Å². The molecule has 110 valence electrons. The maximum atomic E-state index is 11.2. The highest BCUT2D eigenvalue weighted by atomic mass is 32.2. The van der Waals surface area contributed by atoms with Crippen molar-refractivity contribution in [3.05, 3.63) is 12.2 Å². The summed E-state index contributed by atoms with van der Waals surface area (Å²) in [5, 5.41) is 0. The Morgan fingerprint density at radius 1 is 1.16 bits per heavy atom. The van der Waals surface area contributed by atoms with Crippen molar-refractivity contribution in [2.24, 2.45) is 0 Å². The third-order valence-corrected chi connectivity index (χ3v) is 2.43. The van der Waals surface area contributed by atoms with Crippen LogP contribution >= 0.6 is 0 Å². The van der Waals surface area contributed by atoms with E-state index in [4.69, 9.17) is 9.47 Å². The minimum absolute atomic E-state index is 0.129. The second-order valence-electron chi connectivity index (χ2n) is 4.24. The second kappa shape index (κ2) is 7.90. The zero-order valence-electron chi connectivity index (χ0n) is 11.4. The van der Waals surface area contributed by atoms with Gasteiger partial charge in [-0.05, 0) is 20.8 Å². The molecule has 1 N–H and O–H groups in total. The third kappa shape index (κ3) is 11.4. The molecule has 0 radical (unpaired) electrons. The summed E-state index contributed by atoms with van der Waals surface area (Å²) < 4.78 is 33.5. The van der Waals surface area contributed by atoms with Crippen LogP contribution in [0.5, 0.6) is 0 Å². The molecule has 0 spiro atoms. The molecule has 0 aromatic rings. The molecule has 0 fully saturated rings. The lowest BCUT2D eigenvalue weighted by atomic mass is 10.4. The average molecular weight is 293 g/mol. The van der Waals surface area contributed by atoms with Gasteiger partial charge in [0.1, 0.15) is 6.61 Å². The van der Waals surface area contributed by atoms with Crippen molar-refractivity contribution < 1.29 is 27.5 Å². The van der Waals surface area contributed by atoms with Gasteiger partial charge in [-0.3, -0.25) is 0 Å². The summed E-state index contributed by atoms with van der Waals surface area (Å²) in [5.41, 5.74) is 0. The number of ether oxygens (including phenoxy) is 2. The zero-order chi connectivity index (χ0) is 15.1. The van der Waals surface area contributed by atoms with Gasteiger partial charge in [0.2, 0.25) is 10.0 Å². The topological polar surface area (TPSA) is 98.8 Å². The highest BCUT2D eigenvalue weighted by Gasteiger charge is 2.10. The fourth-order valence-electron chi connectivity index (χ4n) is 1.06. The van der Waals surface area contributed by atoms with Gasteiger partial charge in [-0.25, -0.2) is 22.7 Å². The number of nitrogens with one attached hydrogen (secondary N) is 1. The van der Waals surface area contributed by atoms with Crippen LogP contribution < -0.4 is 4.72 Å². The van der Waals surface area contributed by atoms with Gasteiger partial charge >= 0.3 is 11.9 Å². The molecule has 0 saturated carbocycles. The van der Waals surface area contributed by atoms with E-state index in [0.717, 1.165) is 18.4 Å². The molecule has 0 rings (SSSR count). The normalized spacial score (nSPS) is 13.5. The Kier molecular flexibility index (Phi) is 7.32. The van der Waals surface area contributed by atoms with Crippen molar-refractivity contribution in [2.75, 3.05) is 12.9 Å². The smallest absolute Gasteiger partial charge is 0.331 e. The first-order valence-corrected chi connectivity index (χ1v) is 7.52. The van der Waals surface area contributed by atoms with Crippen LogP contribution in [0.2, 0.25) is 0 Å². The molecular weight excluding hydrogens is 274 g/mol. The highest BCUT2D eigenvalue weighted by Crippen LogP contribution is 1.93. The maximum Gasteiger partial charge on any atom is 0.331 e. The van der Waals surface area contributed by atoms with Gasteiger partial charge in [0, 0.05) is 12.2 Å². The average Bonchev–Trinajstić information content (AvgIpc) is 2.20. The van der Waals surface area contributed by atoms with Gasteiger partial charge < -0.3 is 9.47 Å². The maximum absolute atomic E-state index is 11.2. The molecule has 1 atom stereocenters. The molecule has 1 unspecified atom stereocenters. The molecule has 0 bridgehead atoms. The first-order chi connectivity index (χ1) is 8.60. The molecule has 0 aliphatic rings. The minimum atomic E-state index is -3.34. The Morgan fingerprint density at radius 3 is 2.16 bits per heavy atom. The summed E-state index contributed by atoms with van der Waals surface area (Å²) in [6.45, 7) is 4.78. The minimum Gasteiger partial charge on any atom is -0.461 e. The lowest BCUT2D eigenvalue weighted by Crippen LogP contribution is -2.35.